The molecule has 1 saturated carbocycles. The maximum Gasteiger partial charge on any atom is 0.409 e. The number of carboxylic acid groups (broad SMARTS) is 1. The number of hydrogen-bond donors (Lipinski definition) is 1. The molecule has 2 atom stereocenters. The lowest BCUT2D eigenvalue weighted by Gasteiger charge is -2.28. The van der Waals surface area contributed by atoms with E-state index in [0.29, 0.717) is 13.0 Å². The number of ether oxygens (including phenoxy) is 2. The van der Waals surface area contributed by atoms with E-state index < -0.39 is 5.97 Å². The molecule has 8 heteroatoms. The number of carbonyl (C=O) groups is 2. The molecular weight excluding hydrogens is 422 g/mol. The van der Waals surface area contributed by atoms with Crippen LogP contribution in [0.2, 0.25) is 0 Å². The third-order valence-electron chi connectivity index (χ3n) is 6.31. The van der Waals surface area contributed by atoms with Crippen LogP contribution in [0.3, 0.4) is 0 Å². The zero-order chi connectivity index (χ0) is 24.0. The Balaban J connectivity index is 1.68. The van der Waals surface area contributed by atoms with Crippen LogP contribution in [-0.4, -0.2) is 51.5 Å². The van der Waals surface area contributed by atoms with Crippen LogP contribution in [0.25, 0.3) is 11.1 Å². The Labute approximate surface area is 195 Å². The third-order valence-corrected chi connectivity index (χ3v) is 6.31. The fraction of sp³-hybridized carbons (Fsp3) is 0.560. The van der Waals surface area contributed by atoms with E-state index >= 15 is 0 Å². The summed E-state index contributed by atoms with van der Waals surface area (Å²) in [4.78, 5) is 25.2. The van der Waals surface area contributed by atoms with Gasteiger partial charge in [0.15, 0.2) is 0 Å². The lowest BCUT2D eigenvalue weighted by molar-refractivity contribution is -0.143. The first-order valence-electron chi connectivity index (χ1n) is 11.7. The van der Waals surface area contributed by atoms with Crippen molar-refractivity contribution in [3.05, 3.63) is 35.7 Å². The van der Waals surface area contributed by atoms with Crippen molar-refractivity contribution in [3.8, 4) is 16.9 Å². The van der Waals surface area contributed by atoms with Crippen LogP contribution in [-0.2, 0) is 23.2 Å². The molecular formula is C25H35N3O5. The average molecular weight is 458 g/mol. The van der Waals surface area contributed by atoms with Gasteiger partial charge in [0, 0.05) is 26.2 Å². The summed E-state index contributed by atoms with van der Waals surface area (Å²) in [5.74, 6) is -0.300. The third kappa shape index (κ3) is 6.27. The lowest BCUT2D eigenvalue weighted by atomic mass is 9.87. The second-order valence-electron chi connectivity index (χ2n) is 8.88. The smallest absolute Gasteiger partial charge is 0.409 e. The van der Waals surface area contributed by atoms with E-state index in [9.17, 15) is 14.7 Å². The van der Waals surface area contributed by atoms with Gasteiger partial charge in [0.1, 0.15) is 12.4 Å². The van der Waals surface area contributed by atoms with Crippen molar-refractivity contribution in [3.63, 3.8) is 0 Å². The number of unbranched alkanes of at least 4 members (excludes halogenated alkanes) is 1. The van der Waals surface area contributed by atoms with Crippen LogP contribution < -0.4 is 4.74 Å². The van der Waals surface area contributed by atoms with Gasteiger partial charge in [-0.15, -0.1) is 0 Å². The van der Waals surface area contributed by atoms with Gasteiger partial charge in [-0.3, -0.25) is 9.48 Å². The predicted octanol–water partition coefficient (Wildman–Crippen LogP) is 4.79. The minimum absolute atomic E-state index is 0.0811. The molecule has 8 nitrogen and oxygen atoms in total. The van der Waals surface area contributed by atoms with Crippen LogP contribution in [0.15, 0.2) is 24.4 Å². The van der Waals surface area contributed by atoms with E-state index in [1.165, 1.54) is 0 Å². The quantitative estimate of drug-likeness (QED) is 0.582. The number of aliphatic carboxylic acids is 1. The first-order valence-corrected chi connectivity index (χ1v) is 11.7. The Morgan fingerprint density at radius 2 is 2.09 bits per heavy atom. The van der Waals surface area contributed by atoms with Gasteiger partial charge >= 0.3 is 12.1 Å². The van der Waals surface area contributed by atoms with Crippen LogP contribution >= 0.6 is 0 Å². The number of carbonyl (C=O) groups excluding carboxylic acids is 1. The summed E-state index contributed by atoms with van der Waals surface area (Å²) >= 11 is 0. The average Bonchev–Trinajstić information content (AvgIpc) is 3.17. The molecule has 2 aromatic rings. The standard InChI is InChI=1S/C25H35N3O5/c1-5-6-12-27(3)25(31)32-16-22-21(15-26-28(22)4)18-10-11-23(17(2)13-18)33-20-9-7-8-19(14-20)24(29)30/h10-11,13,15,19-20H,5-9,12,14,16H2,1-4H3,(H,29,30)/t19?,20-/m0/s1. The van der Waals surface area contributed by atoms with Crippen LogP contribution in [0.1, 0.15) is 56.7 Å². The molecule has 1 amide bonds. The van der Waals surface area contributed by atoms with E-state index in [0.717, 1.165) is 60.2 Å². The lowest BCUT2D eigenvalue weighted by Crippen LogP contribution is -2.29. The first kappa shape index (κ1) is 24.6. The highest BCUT2D eigenvalue weighted by molar-refractivity contribution is 5.70. The molecule has 1 fully saturated rings. The molecule has 1 aliphatic carbocycles. The highest BCUT2D eigenvalue weighted by Crippen LogP contribution is 2.32. The number of amides is 1. The van der Waals surface area contributed by atoms with Crippen molar-refractivity contribution in [2.75, 3.05) is 13.6 Å². The van der Waals surface area contributed by atoms with E-state index in [4.69, 9.17) is 9.47 Å². The van der Waals surface area contributed by atoms with E-state index in [1.54, 1.807) is 22.8 Å². The Kier molecular flexibility index (Phi) is 8.36. The molecule has 1 aliphatic rings. The zero-order valence-electron chi connectivity index (χ0n) is 20.0. The molecule has 33 heavy (non-hydrogen) atoms. The fourth-order valence-corrected chi connectivity index (χ4v) is 4.21. The number of carboxylic acids is 1. The molecule has 1 aromatic heterocycles. The number of benzene rings is 1. The number of rotatable bonds is 9. The molecule has 0 saturated heterocycles. The van der Waals surface area contributed by atoms with Crippen molar-refractivity contribution in [2.24, 2.45) is 13.0 Å². The second kappa shape index (κ2) is 11.2. The summed E-state index contributed by atoms with van der Waals surface area (Å²) in [6, 6.07) is 5.93. The Morgan fingerprint density at radius 1 is 1.30 bits per heavy atom. The van der Waals surface area contributed by atoms with Crippen molar-refractivity contribution in [2.45, 2.75) is 65.1 Å². The molecule has 1 aromatic carbocycles. The second-order valence-corrected chi connectivity index (χ2v) is 8.88. The zero-order valence-corrected chi connectivity index (χ0v) is 20.0. The van der Waals surface area contributed by atoms with Crippen molar-refractivity contribution in [1.29, 1.82) is 0 Å². The van der Waals surface area contributed by atoms with E-state index in [1.807, 2.05) is 32.2 Å². The number of nitrogens with zero attached hydrogens (tertiary/aromatic N) is 3. The monoisotopic (exact) mass is 457 g/mol. The molecule has 0 bridgehead atoms. The van der Waals surface area contributed by atoms with Gasteiger partial charge < -0.3 is 19.5 Å². The largest absolute Gasteiger partial charge is 0.490 e. The summed E-state index contributed by atoms with van der Waals surface area (Å²) in [7, 11) is 3.58. The van der Waals surface area contributed by atoms with Gasteiger partial charge in [-0.2, -0.15) is 5.10 Å². The minimum Gasteiger partial charge on any atom is -0.490 e. The highest BCUT2D eigenvalue weighted by Gasteiger charge is 2.28. The summed E-state index contributed by atoms with van der Waals surface area (Å²) in [6.07, 6.45) is 6.30. The summed E-state index contributed by atoms with van der Waals surface area (Å²) in [6.45, 7) is 4.87. The van der Waals surface area contributed by atoms with Gasteiger partial charge in [0.05, 0.1) is 23.9 Å². The van der Waals surface area contributed by atoms with Crippen molar-refractivity contribution < 1.29 is 24.2 Å². The van der Waals surface area contributed by atoms with Crippen LogP contribution in [0.4, 0.5) is 4.79 Å². The van der Waals surface area contributed by atoms with Crippen LogP contribution in [0, 0.1) is 12.8 Å². The Hall–Kier alpha value is -3.03. The highest BCUT2D eigenvalue weighted by atomic mass is 16.6. The molecule has 0 aliphatic heterocycles. The summed E-state index contributed by atoms with van der Waals surface area (Å²) in [5, 5.41) is 13.7. The maximum absolute atomic E-state index is 12.3. The molecule has 1 heterocycles. The van der Waals surface area contributed by atoms with Crippen molar-refractivity contribution >= 4 is 12.1 Å². The topological polar surface area (TPSA) is 93.9 Å². The molecule has 0 spiro atoms. The SMILES string of the molecule is CCCCN(C)C(=O)OCc1c(-c2ccc(O[C@H]3CCCC(C(=O)O)C3)c(C)c2)cnn1C. The number of hydrogen-bond acceptors (Lipinski definition) is 5. The number of aromatic nitrogens is 2. The van der Waals surface area contributed by atoms with Gasteiger partial charge in [-0.05, 0) is 62.3 Å². The van der Waals surface area contributed by atoms with Crippen molar-refractivity contribution in [1.82, 2.24) is 14.7 Å². The maximum atomic E-state index is 12.3. The summed E-state index contributed by atoms with van der Waals surface area (Å²) in [5.41, 5.74) is 3.65. The molecule has 180 valence electrons. The molecule has 1 N–H and O–H groups in total. The Morgan fingerprint density at radius 3 is 2.79 bits per heavy atom. The predicted molar refractivity (Wildman–Crippen MR) is 125 cm³/mol. The normalized spacial score (nSPS) is 18.1. The molecule has 0 radical (unpaired) electrons. The Bertz CT molecular complexity index is 971. The molecule has 1 unspecified atom stereocenters. The van der Waals surface area contributed by atoms with Gasteiger partial charge in [-0.1, -0.05) is 19.4 Å². The van der Waals surface area contributed by atoms with Crippen LogP contribution in [0.5, 0.6) is 5.75 Å². The van der Waals surface area contributed by atoms with E-state index in [2.05, 4.69) is 12.0 Å². The van der Waals surface area contributed by atoms with Gasteiger partial charge in [-0.25, -0.2) is 4.79 Å². The minimum atomic E-state index is -0.739. The van der Waals surface area contributed by atoms with Gasteiger partial charge in [0.25, 0.3) is 0 Å². The fourth-order valence-electron chi connectivity index (χ4n) is 4.21. The molecule has 3 rings (SSSR count). The van der Waals surface area contributed by atoms with Gasteiger partial charge in [0.2, 0.25) is 0 Å². The first-order chi connectivity index (χ1) is 15.8. The summed E-state index contributed by atoms with van der Waals surface area (Å²) < 4.78 is 13.4. The van der Waals surface area contributed by atoms with E-state index in [-0.39, 0.29) is 24.7 Å². The number of aryl methyl sites for hydroxylation is 2.